The van der Waals surface area contributed by atoms with Gasteiger partial charge >= 0.3 is 11.9 Å². The van der Waals surface area contributed by atoms with Crippen molar-refractivity contribution in [3.05, 3.63) is 22.2 Å². The largest absolute Gasteiger partial charge is 0.469 e. The molecule has 0 radical (unpaired) electrons. The number of esters is 2. The number of carbonyl (C=O) groups excluding carboxylic acids is 2. The van der Waals surface area contributed by atoms with Crippen molar-refractivity contribution in [3.63, 3.8) is 0 Å². The van der Waals surface area contributed by atoms with Crippen molar-refractivity contribution in [2.45, 2.75) is 17.0 Å². The second-order valence-electron chi connectivity index (χ2n) is 4.74. The number of methoxy groups -OCH3 is 2. The lowest BCUT2D eigenvalue weighted by Gasteiger charge is -2.40. The standard InChI is InChI=1S/C12H12Cl2N2O7S/c1-22-10(17)5-12(11(18)23-2)15-8-3-6(13)7(14)4-9(8)24(20,21)16(12)19/h3-4,15,19H,5H2,1-2H3/t12-/m1/s1. The molecular weight excluding hydrogens is 387 g/mol. The summed E-state index contributed by atoms with van der Waals surface area (Å²) >= 11 is 11.7. The molecule has 0 amide bonds. The lowest BCUT2D eigenvalue weighted by Crippen LogP contribution is -2.64. The van der Waals surface area contributed by atoms with E-state index < -0.39 is 38.9 Å². The summed E-state index contributed by atoms with van der Waals surface area (Å²) in [4.78, 5) is 23.4. The van der Waals surface area contributed by atoms with Crippen LogP contribution in [0.25, 0.3) is 0 Å². The normalized spacial score (nSPS) is 22.2. The van der Waals surface area contributed by atoms with Crippen LogP contribution in [0, 0.1) is 0 Å². The lowest BCUT2D eigenvalue weighted by atomic mass is 10.1. The molecule has 0 unspecified atom stereocenters. The van der Waals surface area contributed by atoms with Gasteiger partial charge in [-0.15, -0.1) is 0 Å². The minimum absolute atomic E-state index is 0.00124. The molecule has 1 atom stereocenters. The zero-order valence-corrected chi connectivity index (χ0v) is 14.7. The molecule has 0 aliphatic carbocycles. The van der Waals surface area contributed by atoms with E-state index in [2.05, 4.69) is 14.8 Å². The molecule has 132 valence electrons. The molecule has 0 spiro atoms. The topological polar surface area (TPSA) is 122 Å². The predicted octanol–water partition coefficient (Wildman–Crippen LogP) is 1.23. The molecule has 0 saturated carbocycles. The first-order chi connectivity index (χ1) is 11.1. The number of halogens is 2. The van der Waals surface area contributed by atoms with Gasteiger partial charge in [0.1, 0.15) is 4.90 Å². The van der Waals surface area contributed by atoms with Crippen molar-refractivity contribution in [3.8, 4) is 0 Å². The van der Waals surface area contributed by atoms with E-state index in [9.17, 15) is 23.2 Å². The van der Waals surface area contributed by atoms with Gasteiger partial charge in [-0.3, -0.25) is 10.0 Å². The quantitative estimate of drug-likeness (QED) is 0.728. The summed E-state index contributed by atoms with van der Waals surface area (Å²) < 4.78 is 33.8. The number of nitrogens with one attached hydrogen (secondary N) is 1. The Bertz CT molecular complexity index is 814. The summed E-state index contributed by atoms with van der Waals surface area (Å²) in [7, 11) is -2.60. The fraction of sp³-hybridized carbons (Fsp3) is 0.333. The molecule has 1 aliphatic heterocycles. The summed E-state index contributed by atoms with van der Waals surface area (Å²) in [5.41, 5.74) is -2.59. The Kier molecular flexibility index (Phi) is 4.98. The van der Waals surface area contributed by atoms with Crippen LogP contribution in [0.4, 0.5) is 5.69 Å². The monoisotopic (exact) mass is 398 g/mol. The maximum absolute atomic E-state index is 12.5. The van der Waals surface area contributed by atoms with E-state index >= 15 is 0 Å². The molecule has 1 aliphatic rings. The smallest absolute Gasteiger partial charge is 0.351 e. The second kappa shape index (κ2) is 6.37. The number of nitrogens with zero attached hydrogens (tertiary/aromatic N) is 1. The Morgan fingerprint density at radius 2 is 1.83 bits per heavy atom. The first kappa shape index (κ1) is 18.7. The second-order valence-corrected chi connectivity index (χ2v) is 7.29. The van der Waals surface area contributed by atoms with Gasteiger partial charge < -0.3 is 14.8 Å². The van der Waals surface area contributed by atoms with Crippen LogP contribution in [0.15, 0.2) is 17.0 Å². The van der Waals surface area contributed by atoms with E-state index in [-0.39, 0.29) is 20.2 Å². The first-order valence-electron chi connectivity index (χ1n) is 6.27. The number of sulfonamides is 1. The van der Waals surface area contributed by atoms with Crippen LogP contribution in [0.5, 0.6) is 0 Å². The predicted molar refractivity (Wildman–Crippen MR) is 82.3 cm³/mol. The summed E-state index contributed by atoms with van der Waals surface area (Å²) in [6.45, 7) is 0. The van der Waals surface area contributed by atoms with Gasteiger partial charge in [0.15, 0.2) is 0 Å². The first-order valence-corrected chi connectivity index (χ1v) is 8.46. The van der Waals surface area contributed by atoms with Gasteiger partial charge in [-0.25, -0.2) is 13.2 Å². The SMILES string of the molecule is COC(=O)C[C@@]1(C(=O)OC)Nc2cc(Cl)c(Cl)cc2S(=O)(=O)N1O. The van der Waals surface area contributed by atoms with Gasteiger partial charge in [-0.1, -0.05) is 23.2 Å². The van der Waals surface area contributed by atoms with Crippen LogP contribution in [0.2, 0.25) is 10.0 Å². The van der Waals surface area contributed by atoms with Crippen molar-refractivity contribution in [2.75, 3.05) is 19.5 Å². The molecule has 12 heteroatoms. The number of hydrogen-bond donors (Lipinski definition) is 2. The highest BCUT2D eigenvalue weighted by molar-refractivity contribution is 7.89. The highest BCUT2D eigenvalue weighted by atomic mass is 35.5. The zero-order valence-electron chi connectivity index (χ0n) is 12.4. The van der Waals surface area contributed by atoms with E-state index in [1.54, 1.807) is 0 Å². The Hall–Kier alpha value is -1.59. The van der Waals surface area contributed by atoms with Crippen LogP contribution in [-0.4, -0.2) is 49.9 Å². The molecule has 24 heavy (non-hydrogen) atoms. The molecular formula is C12H12Cl2N2O7S. The third kappa shape index (κ3) is 2.80. The number of rotatable bonds is 3. The van der Waals surface area contributed by atoms with Gasteiger partial charge in [0.2, 0.25) is 5.66 Å². The number of fused-ring (bicyclic) bond motifs is 1. The molecule has 9 nitrogen and oxygen atoms in total. The van der Waals surface area contributed by atoms with Crippen LogP contribution < -0.4 is 5.32 Å². The van der Waals surface area contributed by atoms with Crippen LogP contribution in [-0.2, 0) is 29.1 Å². The Labute approximate surface area is 147 Å². The number of hydrogen-bond acceptors (Lipinski definition) is 8. The third-order valence-electron chi connectivity index (χ3n) is 3.35. The zero-order chi connectivity index (χ0) is 18.3. The molecule has 1 aromatic carbocycles. The van der Waals surface area contributed by atoms with Gasteiger partial charge in [0, 0.05) is 0 Å². The van der Waals surface area contributed by atoms with E-state index in [1.165, 1.54) is 0 Å². The molecule has 2 rings (SSSR count). The Morgan fingerprint density at radius 3 is 2.38 bits per heavy atom. The number of hydroxylamine groups is 1. The maximum Gasteiger partial charge on any atom is 0.351 e. The number of carbonyl (C=O) groups is 2. The van der Waals surface area contributed by atoms with Crippen molar-refractivity contribution < 1.29 is 32.7 Å². The van der Waals surface area contributed by atoms with E-state index in [1.807, 2.05) is 0 Å². The van der Waals surface area contributed by atoms with Gasteiger partial charge in [-0.2, -0.15) is 0 Å². The molecule has 1 heterocycles. The van der Waals surface area contributed by atoms with Crippen LogP contribution in [0.1, 0.15) is 6.42 Å². The fourth-order valence-corrected chi connectivity index (χ4v) is 4.00. The molecule has 0 aromatic heterocycles. The fourth-order valence-electron chi connectivity index (χ4n) is 2.17. The van der Waals surface area contributed by atoms with Gasteiger partial charge in [0.25, 0.3) is 10.0 Å². The average Bonchev–Trinajstić information content (AvgIpc) is 2.54. The Balaban J connectivity index is 2.73. The molecule has 1 aromatic rings. The van der Waals surface area contributed by atoms with E-state index in [4.69, 9.17) is 23.2 Å². The van der Waals surface area contributed by atoms with Crippen LogP contribution in [0.3, 0.4) is 0 Å². The van der Waals surface area contributed by atoms with Crippen molar-refractivity contribution in [1.29, 1.82) is 0 Å². The Morgan fingerprint density at radius 1 is 1.25 bits per heavy atom. The van der Waals surface area contributed by atoms with Crippen LogP contribution >= 0.6 is 23.2 Å². The average molecular weight is 399 g/mol. The summed E-state index contributed by atoms with van der Waals surface area (Å²) in [6, 6.07) is 2.16. The third-order valence-corrected chi connectivity index (χ3v) is 5.73. The van der Waals surface area contributed by atoms with Gasteiger partial charge in [-0.05, 0) is 16.6 Å². The highest BCUT2D eigenvalue weighted by Gasteiger charge is 2.57. The number of anilines is 1. The maximum atomic E-state index is 12.5. The van der Waals surface area contributed by atoms with E-state index in [0.717, 1.165) is 26.4 Å². The van der Waals surface area contributed by atoms with E-state index in [0.29, 0.717) is 0 Å². The highest BCUT2D eigenvalue weighted by Crippen LogP contribution is 2.41. The number of benzene rings is 1. The van der Waals surface area contributed by atoms with Crippen molar-refractivity contribution in [1.82, 2.24) is 4.47 Å². The minimum Gasteiger partial charge on any atom is -0.469 e. The lowest BCUT2D eigenvalue weighted by molar-refractivity contribution is -0.174. The summed E-state index contributed by atoms with van der Waals surface area (Å²) in [5.74, 6) is -2.19. The number of ether oxygens (including phenoxy) is 2. The molecule has 2 N–H and O–H groups in total. The minimum atomic E-state index is -4.60. The van der Waals surface area contributed by atoms with Crippen molar-refractivity contribution >= 4 is 50.9 Å². The molecule has 0 saturated heterocycles. The summed E-state index contributed by atoms with van der Waals surface area (Å²) in [6.07, 6.45) is -0.856. The summed E-state index contributed by atoms with van der Waals surface area (Å²) in [5, 5.41) is 12.6. The molecule has 0 fully saturated rings. The molecule has 0 bridgehead atoms. The van der Waals surface area contributed by atoms with Gasteiger partial charge in [0.05, 0.1) is 36.4 Å². The van der Waals surface area contributed by atoms with Crippen molar-refractivity contribution in [2.24, 2.45) is 0 Å².